The molecular weight excluding hydrogens is 815 g/mol. The molecule has 4 aliphatic rings. The van der Waals surface area contributed by atoms with E-state index in [1.807, 2.05) is 83.3 Å². The summed E-state index contributed by atoms with van der Waals surface area (Å²) < 4.78 is 7.94. The normalized spacial score (nSPS) is 21.8. The number of likely N-dealkylation sites (tertiary alicyclic amines) is 1. The molecule has 4 unspecified atom stereocenters. The molecule has 14 heteroatoms. The van der Waals surface area contributed by atoms with Gasteiger partial charge in [0.1, 0.15) is 5.69 Å². The third-order valence-electron chi connectivity index (χ3n) is 14.3. The summed E-state index contributed by atoms with van der Waals surface area (Å²) in [7, 11) is 1.21. The molecule has 2 bridgehead atoms. The zero-order valence-corrected chi connectivity index (χ0v) is 39.4. The molecule has 5 amide bonds. The van der Waals surface area contributed by atoms with Crippen LogP contribution in [0.4, 0.5) is 5.69 Å². The highest BCUT2D eigenvalue weighted by Crippen LogP contribution is 2.58. The fourth-order valence-corrected chi connectivity index (χ4v) is 11.2. The lowest BCUT2D eigenvalue weighted by atomic mass is 9.85. The maximum Gasteiger partial charge on any atom is 0.233 e. The Labute approximate surface area is 374 Å². The summed E-state index contributed by atoms with van der Waals surface area (Å²) in [6.45, 7) is 13.1. The van der Waals surface area contributed by atoms with Gasteiger partial charge in [-0.3, -0.25) is 28.9 Å². The Morgan fingerprint density at radius 1 is 0.905 bits per heavy atom. The van der Waals surface area contributed by atoms with Gasteiger partial charge in [0.05, 0.1) is 35.4 Å². The molecule has 4 atom stereocenters. The van der Waals surface area contributed by atoms with E-state index >= 15 is 0 Å². The molecule has 2 fully saturated rings. The van der Waals surface area contributed by atoms with Gasteiger partial charge in [0.25, 0.3) is 0 Å². The van der Waals surface area contributed by atoms with Crippen LogP contribution in [-0.2, 0) is 42.3 Å². The van der Waals surface area contributed by atoms with Crippen LogP contribution in [-0.4, -0.2) is 105 Å². The molecule has 3 heterocycles. The quantitative estimate of drug-likeness (QED) is 0.108. The summed E-state index contributed by atoms with van der Waals surface area (Å²) in [5.41, 5.74) is 3.59. The van der Waals surface area contributed by atoms with E-state index in [9.17, 15) is 24.0 Å². The predicted octanol–water partition coefficient (Wildman–Crippen LogP) is 6.51. The first-order valence-electron chi connectivity index (χ1n) is 22.6. The van der Waals surface area contributed by atoms with Crippen molar-refractivity contribution in [1.29, 1.82) is 0 Å². The maximum absolute atomic E-state index is 13.9. The van der Waals surface area contributed by atoms with Crippen molar-refractivity contribution in [3.63, 3.8) is 0 Å². The number of fused-ring (bicyclic) bond motifs is 10. The molecule has 7 rings (SSSR count). The third-order valence-corrected chi connectivity index (χ3v) is 18.2. The number of nitrogens with zero attached hydrogens (tertiary/aromatic N) is 5. The van der Waals surface area contributed by atoms with Crippen molar-refractivity contribution >= 4 is 45.3 Å². The fourth-order valence-electron chi connectivity index (χ4n) is 9.82. The van der Waals surface area contributed by atoms with Gasteiger partial charge in [-0.25, -0.2) is 14.7 Å². The van der Waals surface area contributed by atoms with Gasteiger partial charge < -0.3 is 20.3 Å². The molecule has 0 radical (unpaired) electrons. The van der Waals surface area contributed by atoms with Gasteiger partial charge in [-0.1, -0.05) is 87.5 Å². The van der Waals surface area contributed by atoms with Crippen molar-refractivity contribution < 1.29 is 28.7 Å². The smallest absolute Gasteiger partial charge is 0.233 e. The minimum Gasteiger partial charge on any atom is -0.374 e. The lowest BCUT2D eigenvalue weighted by molar-refractivity contribution is -0.141. The van der Waals surface area contributed by atoms with Crippen LogP contribution in [0.1, 0.15) is 79.2 Å². The van der Waals surface area contributed by atoms with Crippen LogP contribution >= 0.6 is 10.0 Å². The van der Waals surface area contributed by atoms with Gasteiger partial charge in [-0.05, 0) is 86.0 Å². The Kier molecular flexibility index (Phi) is 13.4. The zero-order chi connectivity index (χ0) is 45.4. The molecule has 2 N–H and O–H groups in total. The predicted molar refractivity (Wildman–Crippen MR) is 249 cm³/mol. The third kappa shape index (κ3) is 9.53. The van der Waals surface area contributed by atoms with Crippen molar-refractivity contribution in [2.24, 2.45) is 42.1 Å². The molecule has 0 spiro atoms. The van der Waals surface area contributed by atoms with E-state index in [2.05, 4.69) is 59.5 Å². The molecule has 1 saturated heterocycles. The van der Waals surface area contributed by atoms with Crippen molar-refractivity contribution in [3.05, 3.63) is 66.2 Å². The first-order chi connectivity index (χ1) is 29.8. The highest BCUT2D eigenvalue weighted by Gasteiger charge is 2.62. The Balaban J connectivity index is 0.833. The van der Waals surface area contributed by atoms with Gasteiger partial charge in [0.15, 0.2) is 0 Å². The van der Waals surface area contributed by atoms with Crippen molar-refractivity contribution in [1.82, 2.24) is 30.5 Å². The van der Waals surface area contributed by atoms with Crippen molar-refractivity contribution in [2.75, 3.05) is 49.4 Å². The number of carbonyl (C=O) groups is 5. The van der Waals surface area contributed by atoms with E-state index < -0.39 is 21.0 Å². The summed E-state index contributed by atoms with van der Waals surface area (Å²) in [6.07, 6.45) is 11.9. The number of aryl methyl sites for hydroxylation is 1. The number of anilines is 1. The number of aromatic nitrogens is 3. The van der Waals surface area contributed by atoms with Crippen LogP contribution < -0.4 is 15.5 Å². The number of benzene rings is 2. The van der Waals surface area contributed by atoms with E-state index in [0.717, 1.165) is 40.9 Å². The van der Waals surface area contributed by atoms with Crippen LogP contribution in [0.2, 0.25) is 0 Å². The minimum atomic E-state index is -0.787. The average molecular weight is 882 g/mol. The Morgan fingerprint density at radius 3 is 2.24 bits per heavy atom. The minimum absolute atomic E-state index is 0.0299. The number of amides is 5. The number of ether oxygens (including phenoxy) is 1. The van der Waals surface area contributed by atoms with Gasteiger partial charge in [-0.15, -0.1) is 5.10 Å². The molecule has 340 valence electrons. The van der Waals surface area contributed by atoms with Gasteiger partial charge in [0.2, 0.25) is 29.5 Å². The number of hydrogen-bond acceptors (Lipinski definition) is 8. The van der Waals surface area contributed by atoms with Gasteiger partial charge in [-0.2, -0.15) is 0 Å². The van der Waals surface area contributed by atoms with E-state index in [-0.39, 0.29) is 92.3 Å². The van der Waals surface area contributed by atoms with E-state index in [4.69, 9.17) is 4.74 Å². The maximum atomic E-state index is 13.9. The number of imide groups is 1. The van der Waals surface area contributed by atoms with Crippen LogP contribution in [0.3, 0.4) is 0 Å². The first-order valence-corrected chi connectivity index (χ1v) is 25.3. The fraction of sp³-hybridized carbons (Fsp3) is 0.571. The van der Waals surface area contributed by atoms with Crippen LogP contribution in [0.15, 0.2) is 60.7 Å². The molecule has 1 saturated carbocycles. The second-order valence-electron chi connectivity index (χ2n) is 19.9. The number of para-hydroxylation sites is 1. The number of rotatable bonds is 18. The topological polar surface area (TPSA) is 156 Å². The lowest BCUT2D eigenvalue weighted by Gasteiger charge is -2.36. The molecule has 2 aromatic carbocycles. The summed E-state index contributed by atoms with van der Waals surface area (Å²) >= 11 is 0. The van der Waals surface area contributed by atoms with Gasteiger partial charge in [0, 0.05) is 62.7 Å². The number of nitrogens with one attached hydrogen (secondary N) is 2. The Bertz CT molecular complexity index is 2230. The second-order valence-corrected chi connectivity index (χ2v) is 24.5. The zero-order valence-electron chi connectivity index (χ0n) is 38.6. The molecule has 13 nitrogen and oxygen atoms in total. The van der Waals surface area contributed by atoms with E-state index in [1.165, 1.54) is 10.7 Å². The number of carbonyl (C=O) groups excluding carboxylic acids is 5. The summed E-state index contributed by atoms with van der Waals surface area (Å²) in [5, 5.41) is 15.4. The molecule has 3 aromatic rings. The molecular formula is C49H67N7O6S. The van der Waals surface area contributed by atoms with Gasteiger partial charge >= 0.3 is 0 Å². The van der Waals surface area contributed by atoms with Crippen LogP contribution in [0.5, 0.6) is 0 Å². The van der Waals surface area contributed by atoms with Crippen molar-refractivity contribution in [3.8, 4) is 22.5 Å². The van der Waals surface area contributed by atoms with Crippen LogP contribution in [0, 0.1) is 35.0 Å². The second kappa shape index (κ2) is 18.3. The standard InChI is InChI=1S/C49H67N7O6S/c1-31(2)63(8,9)28-14-18-34-35-20-21-36(34)42-41(35)45(59)55(46(42)60)26-23-39(57)51-30-49(5,6)62-27-24-48(3,4)47(61)50-25-22-40(58)56-29-32-15-10-11-16-33(32)44-43(52-53-54(44)7)37-17-12-13-19-38(37)56/h10-13,15-17,19-21,31,34-36,41-42H,14,18,22-30H2,1-9H3,(H,50,61)(H,51,57). The van der Waals surface area contributed by atoms with E-state index in [0.29, 0.717) is 29.8 Å². The number of allylic oxidation sites excluding steroid dienone is 2. The highest BCUT2D eigenvalue weighted by molar-refractivity contribution is 8.33. The Hall–Kier alpha value is -4.82. The SMILES string of the molecule is CC(C)S(C)(C)CCCC1C2C=CC1C1C(=O)N(CCC(=O)NCC(C)(C)OCCC(C)(C)C(=O)NCCC(=O)N3Cc4ccccc4-c4c(nnn4C)-c4ccccc43)C(=O)C21. The largest absolute Gasteiger partial charge is 0.374 e. The average Bonchev–Trinajstić information content (AvgIpc) is 3.97. The molecule has 2 aliphatic carbocycles. The van der Waals surface area contributed by atoms with E-state index in [1.54, 1.807) is 9.58 Å². The monoisotopic (exact) mass is 881 g/mol. The Morgan fingerprint density at radius 2 is 1.56 bits per heavy atom. The highest BCUT2D eigenvalue weighted by atomic mass is 32.3. The lowest BCUT2D eigenvalue weighted by Crippen LogP contribution is -2.43. The summed E-state index contributed by atoms with van der Waals surface area (Å²) in [4.78, 5) is 70.6. The summed E-state index contributed by atoms with van der Waals surface area (Å²) in [6, 6.07) is 15.7. The summed E-state index contributed by atoms with van der Waals surface area (Å²) in [5.74, 6) is 0.377. The van der Waals surface area contributed by atoms with Crippen LogP contribution in [0.25, 0.3) is 22.5 Å². The molecule has 1 aromatic heterocycles. The number of hydrogen-bond donors (Lipinski definition) is 2. The van der Waals surface area contributed by atoms with Crippen molar-refractivity contribution in [2.45, 2.75) is 91.0 Å². The molecule has 63 heavy (non-hydrogen) atoms. The first kappa shape index (κ1) is 46.2. The molecule has 2 aliphatic heterocycles.